The zero-order valence-electron chi connectivity index (χ0n) is 18.9. The molecule has 0 N–H and O–H groups in total. The first-order chi connectivity index (χ1) is 16.5. The first-order valence-corrected chi connectivity index (χ1v) is 11.9. The van der Waals surface area contributed by atoms with Gasteiger partial charge in [0.25, 0.3) is 11.1 Å². The van der Waals surface area contributed by atoms with E-state index in [1.807, 2.05) is 18.2 Å². The molecule has 1 aliphatic rings. The number of amides is 2. The lowest BCUT2D eigenvalue weighted by Crippen LogP contribution is -2.29. The zero-order valence-corrected chi connectivity index (χ0v) is 20.4. The second-order valence-corrected chi connectivity index (χ2v) is 9.08. The summed E-state index contributed by atoms with van der Waals surface area (Å²) >= 11 is 7.43. The number of rotatable bonds is 9. The van der Waals surface area contributed by atoms with Gasteiger partial charge in [0.05, 0.1) is 17.0 Å². The fourth-order valence-corrected chi connectivity index (χ4v) is 4.80. The number of ether oxygens (including phenoxy) is 3. The molecule has 0 radical (unpaired) electrons. The van der Waals surface area contributed by atoms with Gasteiger partial charge in [-0.05, 0) is 64.4 Å². The summed E-state index contributed by atoms with van der Waals surface area (Å²) in [5, 5.41) is 2.36. The highest BCUT2D eigenvalue weighted by atomic mass is 35.5. The van der Waals surface area contributed by atoms with Crippen LogP contribution in [0.2, 0.25) is 5.02 Å². The maximum atomic E-state index is 12.7. The smallest absolute Gasteiger partial charge is 0.293 e. The van der Waals surface area contributed by atoms with Crippen LogP contribution >= 0.6 is 23.4 Å². The molecule has 0 aromatic heterocycles. The summed E-state index contributed by atoms with van der Waals surface area (Å²) in [7, 11) is 3.11. The minimum atomic E-state index is -0.321. The number of carbonyl (C=O) groups is 2. The van der Waals surface area contributed by atoms with Crippen LogP contribution in [-0.2, 0) is 16.1 Å². The molecule has 0 atom stereocenters. The van der Waals surface area contributed by atoms with Crippen LogP contribution in [0.1, 0.15) is 17.5 Å². The lowest BCUT2D eigenvalue weighted by Gasteiger charge is -2.14. The third-order valence-corrected chi connectivity index (χ3v) is 6.54. The van der Waals surface area contributed by atoms with E-state index >= 15 is 0 Å². The van der Waals surface area contributed by atoms with Gasteiger partial charge in [0.1, 0.15) is 6.61 Å². The molecular formula is C26H24ClNO5S. The molecule has 0 unspecified atom stereocenters. The molecule has 0 aliphatic carbocycles. The normalized spacial score (nSPS) is 14.9. The molecule has 3 aromatic carbocycles. The van der Waals surface area contributed by atoms with Gasteiger partial charge in [0.15, 0.2) is 11.5 Å². The fourth-order valence-electron chi connectivity index (χ4n) is 3.66. The van der Waals surface area contributed by atoms with E-state index in [0.29, 0.717) is 53.2 Å². The van der Waals surface area contributed by atoms with Crippen molar-refractivity contribution in [2.24, 2.45) is 0 Å². The van der Waals surface area contributed by atoms with Crippen molar-refractivity contribution in [3.63, 3.8) is 0 Å². The number of thioether (sulfide) groups is 1. The molecule has 34 heavy (non-hydrogen) atoms. The van der Waals surface area contributed by atoms with Gasteiger partial charge in [-0.2, -0.15) is 0 Å². The monoisotopic (exact) mass is 497 g/mol. The molecule has 1 heterocycles. The Morgan fingerprint density at radius 1 is 1.03 bits per heavy atom. The summed E-state index contributed by atoms with van der Waals surface area (Å²) in [6.07, 6.45) is 2.23. The van der Waals surface area contributed by atoms with Gasteiger partial charge in [-0.1, -0.05) is 48.0 Å². The van der Waals surface area contributed by atoms with Gasteiger partial charge in [0, 0.05) is 20.3 Å². The summed E-state index contributed by atoms with van der Waals surface area (Å²) in [6, 6.07) is 17.7. The molecule has 4 rings (SSSR count). The van der Waals surface area contributed by atoms with Gasteiger partial charge in [0.2, 0.25) is 0 Å². The minimum Gasteiger partial charge on any atom is -0.493 e. The van der Waals surface area contributed by atoms with Crippen LogP contribution in [0.5, 0.6) is 11.5 Å². The Balaban J connectivity index is 1.51. The Morgan fingerprint density at radius 3 is 2.59 bits per heavy atom. The maximum absolute atomic E-state index is 12.7. The Bertz CT molecular complexity index is 1260. The minimum absolute atomic E-state index is 0.291. The number of imide groups is 1. The van der Waals surface area contributed by atoms with Crippen LogP contribution in [0, 0.1) is 0 Å². The molecular weight excluding hydrogens is 474 g/mol. The van der Waals surface area contributed by atoms with E-state index in [4.69, 9.17) is 25.8 Å². The van der Waals surface area contributed by atoms with Crippen molar-refractivity contribution in [3.8, 4) is 11.5 Å². The van der Waals surface area contributed by atoms with Crippen LogP contribution in [0.15, 0.2) is 59.5 Å². The highest BCUT2D eigenvalue weighted by Gasteiger charge is 2.34. The van der Waals surface area contributed by atoms with Crippen molar-refractivity contribution in [1.82, 2.24) is 4.90 Å². The summed E-state index contributed by atoms with van der Waals surface area (Å²) in [5.74, 6) is 0.541. The molecule has 0 saturated carbocycles. The Hall–Kier alpha value is -3.00. The SMILES string of the molecule is COCCCN1C(=O)S/C(=C/c2cc(Cl)c(OCc3ccc4ccccc4c3)c(OC)c2)C1=O. The second-order valence-electron chi connectivity index (χ2n) is 7.68. The Morgan fingerprint density at radius 2 is 1.82 bits per heavy atom. The predicted molar refractivity (Wildman–Crippen MR) is 135 cm³/mol. The number of nitrogens with zero attached hydrogens (tertiary/aromatic N) is 1. The summed E-state index contributed by atoms with van der Waals surface area (Å²) in [6.45, 7) is 1.12. The van der Waals surface area contributed by atoms with Gasteiger partial charge in [-0.3, -0.25) is 14.5 Å². The molecule has 2 amide bonds. The van der Waals surface area contributed by atoms with E-state index < -0.39 is 0 Å². The van der Waals surface area contributed by atoms with Crippen molar-refractivity contribution >= 4 is 51.4 Å². The predicted octanol–water partition coefficient (Wildman–Crippen LogP) is 6.15. The van der Waals surface area contributed by atoms with Crippen molar-refractivity contribution in [1.29, 1.82) is 0 Å². The second kappa shape index (κ2) is 11.0. The Labute approximate surface area is 207 Å². The highest BCUT2D eigenvalue weighted by Crippen LogP contribution is 2.39. The Kier molecular flexibility index (Phi) is 7.77. The van der Waals surface area contributed by atoms with E-state index in [9.17, 15) is 9.59 Å². The zero-order chi connectivity index (χ0) is 24.1. The maximum Gasteiger partial charge on any atom is 0.293 e. The molecule has 8 heteroatoms. The van der Waals surface area contributed by atoms with Gasteiger partial charge in [-0.25, -0.2) is 0 Å². The lowest BCUT2D eigenvalue weighted by atomic mass is 10.1. The third-order valence-electron chi connectivity index (χ3n) is 5.35. The van der Waals surface area contributed by atoms with Gasteiger partial charge >= 0.3 is 0 Å². The molecule has 3 aromatic rings. The van der Waals surface area contributed by atoms with E-state index in [1.54, 1.807) is 25.3 Å². The first kappa shape index (κ1) is 24.1. The standard InChI is InChI=1S/C26H24ClNO5S/c1-31-11-5-10-28-25(29)23(34-26(28)30)15-18-13-21(27)24(22(14-18)32-2)33-16-17-8-9-19-6-3-4-7-20(19)12-17/h3-4,6-9,12-15H,5,10-11,16H2,1-2H3/b23-15+. The summed E-state index contributed by atoms with van der Waals surface area (Å²) < 4.78 is 16.5. The summed E-state index contributed by atoms with van der Waals surface area (Å²) in [4.78, 5) is 26.5. The number of hydrogen-bond donors (Lipinski definition) is 0. The summed E-state index contributed by atoms with van der Waals surface area (Å²) in [5.41, 5.74) is 1.64. The van der Waals surface area contributed by atoms with E-state index in [1.165, 1.54) is 12.0 Å². The number of halogens is 1. The molecule has 1 aliphatic heterocycles. The largest absolute Gasteiger partial charge is 0.493 e. The van der Waals surface area contributed by atoms with Crippen LogP contribution in [0.4, 0.5) is 4.79 Å². The first-order valence-electron chi connectivity index (χ1n) is 10.7. The number of carbonyl (C=O) groups excluding carboxylic acids is 2. The quantitative estimate of drug-likeness (QED) is 0.261. The van der Waals surface area contributed by atoms with Gasteiger partial charge in [-0.15, -0.1) is 0 Å². The molecule has 0 bridgehead atoms. The third kappa shape index (κ3) is 5.38. The van der Waals surface area contributed by atoms with Crippen LogP contribution < -0.4 is 9.47 Å². The van der Waals surface area contributed by atoms with Crippen molar-refractivity contribution < 1.29 is 23.8 Å². The molecule has 0 spiro atoms. The van der Waals surface area contributed by atoms with E-state index in [2.05, 4.69) is 24.3 Å². The van der Waals surface area contributed by atoms with Crippen molar-refractivity contribution in [2.45, 2.75) is 13.0 Å². The molecule has 176 valence electrons. The number of methoxy groups -OCH3 is 2. The van der Waals surface area contributed by atoms with Crippen LogP contribution in [0.3, 0.4) is 0 Å². The molecule has 1 saturated heterocycles. The highest BCUT2D eigenvalue weighted by molar-refractivity contribution is 8.18. The average molecular weight is 498 g/mol. The fraction of sp³-hybridized carbons (Fsp3) is 0.231. The lowest BCUT2D eigenvalue weighted by molar-refractivity contribution is -0.122. The molecule has 6 nitrogen and oxygen atoms in total. The van der Waals surface area contributed by atoms with Gasteiger partial charge < -0.3 is 14.2 Å². The number of fused-ring (bicyclic) bond motifs is 1. The average Bonchev–Trinajstić information content (AvgIpc) is 3.10. The van der Waals surface area contributed by atoms with Crippen molar-refractivity contribution in [2.75, 3.05) is 27.4 Å². The van der Waals surface area contributed by atoms with E-state index in [0.717, 1.165) is 28.1 Å². The molecule has 1 fully saturated rings. The topological polar surface area (TPSA) is 65.1 Å². The van der Waals surface area contributed by atoms with Crippen LogP contribution in [-0.4, -0.2) is 43.4 Å². The van der Waals surface area contributed by atoms with Crippen molar-refractivity contribution in [3.05, 3.63) is 75.7 Å². The number of hydrogen-bond acceptors (Lipinski definition) is 6. The van der Waals surface area contributed by atoms with Crippen LogP contribution in [0.25, 0.3) is 16.8 Å². The van der Waals surface area contributed by atoms with E-state index in [-0.39, 0.29) is 11.1 Å². The number of benzene rings is 3.